The van der Waals surface area contributed by atoms with Crippen LogP contribution < -0.4 is 15.0 Å². The molecule has 0 saturated carbocycles. The molecule has 5 rings (SSSR count). The molecule has 8 nitrogen and oxygen atoms in total. The average Bonchev–Trinajstić information content (AvgIpc) is 3.45. The topological polar surface area (TPSA) is 86.4 Å². The number of nitrogens with zero attached hydrogens (tertiary/aromatic N) is 4. The van der Waals surface area contributed by atoms with Gasteiger partial charge in [-0.25, -0.2) is 4.98 Å². The first-order chi connectivity index (χ1) is 17.5. The van der Waals surface area contributed by atoms with Crippen LogP contribution in [0.4, 0.5) is 11.4 Å². The molecule has 1 saturated heterocycles. The Morgan fingerprint density at radius 1 is 1.00 bits per heavy atom. The summed E-state index contributed by atoms with van der Waals surface area (Å²) in [7, 11) is 2.15. The zero-order valence-electron chi connectivity index (χ0n) is 20.6. The Morgan fingerprint density at radius 2 is 1.81 bits per heavy atom. The minimum Gasteiger partial charge on any atom is -0.487 e. The number of nitrogens with one attached hydrogen (secondary N) is 2. The molecule has 1 fully saturated rings. The number of ether oxygens (including phenoxy) is 1. The summed E-state index contributed by atoms with van der Waals surface area (Å²) in [5.74, 6) is 1.27. The molecule has 0 spiro atoms. The highest BCUT2D eigenvalue weighted by Gasteiger charge is 2.15. The van der Waals surface area contributed by atoms with E-state index < -0.39 is 0 Å². The van der Waals surface area contributed by atoms with Crippen LogP contribution in [0.15, 0.2) is 73.2 Å². The first-order valence-electron chi connectivity index (χ1n) is 12.1. The van der Waals surface area contributed by atoms with Crippen LogP contribution in [-0.4, -0.2) is 59.0 Å². The molecule has 0 atom stereocenters. The first kappa shape index (κ1) is 23.6. The second-order valence-electron chi connectivity index (χ2n) is 9.03. The third-order valence-electron chi connectivity index (χ3n) is 6.43. The predicted octanol–water partition coefficient (Wildman–Crippen LogP) is 4.36. The molecule has 2 N–H and O–H groups in total. The maximum atomic E-state index is 12.9. The van der Waals surface area contributed by atoms with Gasteiger partial charge in [0.2, 0.25) is 0 Å². The molecule has 3 heterocycles. The van der Waals surface area contributed by atoms with E-state index in [1.807, 2.05) is 49.5 Å². The van der Waals surface area contributed by atoms with Gasteiger partial charge in [0.25, 0.3) is 5.91 Å². The predicted molar refractivity (Wildman–Crippen MR) is 141 cm³/mol. The van der Waals surface area contributed by atoms with Gasteiger partial charge in [0.1, 0.15) is 18.2 Å². The van der Waals surface area contributed by atoms with Crippen molar-refractivity contribution in [2.24, 2.45) is 0 Å². The van der Waals surface area contributed by atoms with E-state index in [0.717, 1.165) is 54.5 Å². The van der Waals surface area contributed by atoms with Crippen LogP contribution in [0.2, 0.25) is 0 Å². The van der Waals surface area contributed by atoms with Gasteiger partial charge in [-0.1, -0.05) is 12.1 Å². The number of carbonyl (C=O) groups is 1. The van der Waals surface area contributed by atoms with E-state index >= 15 is 0 Å². The maximum absolute atomic E-state index is 12.9. The van der Waals surface area contributed by atoms with Crippen molar-refractivity contribution in [2.45, 2.75) is 13.5 Å². The molecule has 8 heteroatoms. The molecule has 4 aromatic rings. The normalized spacial score (nSPS) is 14.0. The molecule has 1 aliphatic heterocycles. The minimum atomic E-state index is -0.178. The van der Waals surface area contributed by atoms with E-state index in [4.69, 9.17) is 4.74 Å². The van der Waals surface area contributed by atoms with Crippen molar-refractivity contribution in [3.8, 4) is 17.1 Å². The number of amides is 1. The van der Waals surface area contributed by atoms with E-state index in [1.54, 1.807) is 24.5 Å². The summed E-state index contributed by atoms with van der Waals surface area (Å²) in [6.45, 7) is 6.47. The highest BCUT2D eigenvalue weighted by atomic mass is 16.5. The van der Waals surface area contributed by atoms with Gasteiger partial charge in [-0.15, -0.1) is 0 Å². The average molecular weight is 483 g/mol. The zero-order valence-corrected chi connectivity index (χ0v) is 20.6. The number of aromatic amines is 1. The first-order valence-corrected chi connectivity index (χ1v) is 12.1. The number of carbonyl (C=O) groups excluding carboxylic acids is 1. The Hall–Kier alpha value is -4.17. The lowest BCUT2D eigenvalue weighted by molar-refractivity contribution is 0.102. The number of benzene rings is 2. The van der Waals surface area contributed by atoms with Crippen molar-refractivity contribution in [2.75, 3.05) is 43.4 Å². The van der Waals surface area contributed by atoms with Gasteiger partial charge in [-0.3, -0.25) is 9.78 Å². The lowest BCUT2D eigenvalue weighted by atomic mass is 10.1. The van der Waals surface area contributed by atoms with E-state index in [0.29, 0.717) is 17.9 Å². The van der Waals surface area contributed by atoms with Crippen molar-refractivity contribution in [3.05, 3.63) is 90.0 Å². The second kappa shape index (κ2) is 10.6. The molecular formula is C28H30N6O2. The number of anilines is 2. The van der Waals surface area contributed by atoms with Gasteiger partial charge >= 0.3 is 0 Å². The maximum Gasteiger partial charge on any atom is 0.255 e. The van der Waals surface area contributed by atoms with Crippen LogP contribution in [-0.2, 0) is 6.61 Å². The largest absolute Gasteiger partial charge is 0.487 e. The Morgan fingerprint density at radius 3 is 2.56 bits per heavy atom. The summed E-state index contributed by atoms with van der Waals surface area (Å²) in [5.41, 5.74) is 5.25. The van der Waals surface area contributed by atoms with E-state index in [1.165, 1.54) is 5.69 Å². The fourth-order valence-electron chi connectivity index (χ4n) is 4.19. The number of hydrogen-bond donors (Lipinski definition) is 2. The summed E-state index contributed by atoms with van der Waals surface area (Å²) in [5, 5.41) is 3.01. The molecule has 1 aliphatic rings. The van der Waals surface area contributed by atoms with Crippen molar-refractivity contribution in [1.29, 1.82) is 0 Å². The number of aromatic nitrogens is 3. The Bertz CT molecular complexity index is 1310. The molecule has 0 unspecified atom stereocenters. The Labute approximate surface area is 211 Å². The lowest BCUT2D eigenvalue weighted by Gasteiger charge is -2.34. The highest BCUT2D eigenvalue weighted by molar-refractivity contribution is 6.05. The molecule has 184 valence electrons. The standard InChI is InChI=1S/C28H30N6O2/c1-20-3-4-22(27-30-11-12-31-27)17-26(20)32-28(35)21-5-7-25(8-6-21)36-19-23-18-24(9-10-29-23)34-15-13-33(2)14-16-34/h3-12,17-18H,13-16,19H2,1-2H3,(H,30,31)(H,32,35). The number of aryl methyl sites for hydroxylation is 1. The van der Waals surface area contributed by atoms with Crippen LogP contribution in [0.25, 0.3) is 11.4 Å². The third-order valence-corrected chi connectivity index (χ3v) is 6.43. The van der Waals surface area contributed by atoms with E-state index in [2.05, 4.69) is 43.2 Å². The van der Waals surface area contributed by atoms with Gasteiger partial charge in [0.15, 0.2) is 0 Å². The quantitative estimate of drug-likeness (QED) is 0.407. The fraction of sp³-hybridized carbons (Fsp3) is 0.250. The van der Waals surface area contributed by atoms with Crippen molar-refractivity contribution in [1.82, 2.24) is 19.9 Å². The number of pyridine rings is 1. The van der Waals surface area contributed by atoms with Gasteiger partial charge in [-0.2, -0.15) is 0 Å². The van der Waals surface area contributed by atoms with Gasteiger partial charge in [-0.05, 0) is 62.0 Å². The van der Waals surface area contributed by atoms with Crippen LogP contribution in [0.1, 0.15) is 21.6 Å². The van der Waals surface area contributed by atoms with Crippen LogP contribution in [0.5, 0.6) is 5.75 Å². The van der Waals surface area contributed by atoms with Crippen LogP contribution in [0, 0.1) is 6.92 Å². The SMILES string of the molecule is Cc1ccc(-c2ncc[nH]2)cc1NC(=O)c1ccc(OCc2cc(N3CCN(C)CC3)ccn2)cc1. The Balaban J connectivity index is 1.19. The molecule has 2 aromatic carbocycles. The molecule has 0 aliphatic carbocycles. The molecule has 0 bridgehead atoms. The molecular weight excluding hydrogens is 452 g/mol. The van der Waals surface area contributed by atoms with Crippen LogP contribution in [0.3, 0.4) is 0 Å². The summed E-state index contributed by atoms with van der Waals surface area (Å²) < 4.78 is 5.95. The lowest BCUT2D eigenvalue weighted by Crippen LogP contribution is -2.44. The number of hydrogen-bond acceptors (Lipinski definition) is 6. The van der Waals surface area contributed by atoms with Crippen molar-refractivity contribution >= 4 is 17.3 Å². The van der Waals surface area contributed by atoms with Crippen LogP contribution >= 0.6 is 0 Å². The second-order valence-corrected chi connectivity index (χ2v) is 9.03. The summed E-state index contributed by atoms with van der Waals surface area (Å²) in [4.78, 5) is 29.4. The number of rotatable bonds is 7. The Kier molecular flexibility index (Phi) is 6.95. The van der Waals surface area contributed by atoms with Gasteiger partial charge in [0, 0.05) is 67.3 Å². The summed E-state index contributed by atoms with van der Waals surface area (Å²) in [6.07, 6.45) is 5.32. The van der Waals surface area contributed by atoms with Gasteiger partial charge in [0.05, 0.1) is 5.69 Å². The fourth-order valence-corrected chi connectivity index (χ4v) is 4.19. The number of likely N-dealkylation sites (N-methyl/N-ethyl adjacent to an activating group) is 1. The summed E-state index contributed by atoms with van der Waals surface area (Å²) in [6, 6.07) is 17.2. The van der Waals surface area contributed by atoms with Gasteiger partial charge < -0.3 is 24.8 Å². The monoisotopic (exact) mass is 482 g/mol. The minimum absolute atomic E-state index is 0.178. The number of H-pyrrole nitrogens is 1. The smallest absolute Gasteiger partial charge is 0.255 e. The zero-order chi connectivity index (χ0) is 24.9. The molecule has 1 amide bonds. The van der Waals surface area contributed by atoms with E-state index in [-0.39, 0.29) is 5.91 Å². The molecule has 0 radical (unpaired) electrons. The van der Waals surface area contributed by atoms with Crippen molar-refractivity contribution in [3.63, 3.8) is 0 Å². The van der Waals surface area contributed by atoms with Crippen molar-refractivity contribution < 1.29 is 9.53 Å². The molecule has 2 aromatic heterocycles. The molecule has 36 heavy (non-hydrogen) atoms. The number of piperazine rings is 1. The van der Waals surface area contributed by atoms with E-state index in [9.17, 15) is 4.79 Å². The third kappa shape index (κ3) is 5.55. The summed E-state index contributed by atoms with van der Waals surface area (Å²) >= 11 is 0. The highest BCUT2D eigenvalue weighted by Crippen LogP contribution is 2.24. The number of imidazole rings is 1.